The summed E-state index contributed by atoms with van der Waals surface area (Å²) >= 11 is 0. The highest BCUT2D eigenvalue weighted by Crippen LogP contribution is 2.39. The molecule has 6 rings (SSSR count). The van der Waals surface area contributed by atoms with Gasteiger partial charge < -0.3 is 19.9 Å². The molecule has 1 fully saturated rings. The van der Waals surface area contributed by atoms with Crippen molar-refractivity contribution in [1.82, 2.24) is 14.9 Å². The predicted molar refractivity (Wildman–Crippen MR) is 142 cm³/mol. The van der Waals surface area contributed by atoms with E-state index in [0.29, 0.717) is 26.2 Å². The first-order valence-electron chi connectivity index (χ1n) is 13.0. The highest BCUT2D eigenvalue weighted by molar-refractivity contribution is 6.07. The summed E-state index contributed by atoms with van der Waals surface area (Å²) in [6.45, 7) is 2.53. The largest absolute Gasteiger partial charge is 0.385 e. The van der Waals surface area contributed by atoms with Gasteiger partial charge in [0, 0.05) is 37.1 Å². The van der Waals surface area contributed by atoms with Gasteiger partial charge in [0.05, 0.1) is 24.2 Å². The number of benzene rings is 3. The van der Waals surface area contributed by atoms with Crippen LogP contribution in [0, 0.1) is 0 Å². The van der Waals surface area contributed by atoms with Crippen molar-refractivity contribution in [2.45, 2.75) is 50.8 Å². The summed E-state index contributed by atoms with van der Waals surface area (Å²) in [7, 11) is 0. The van der Waals surface area contributed by atoms with Gasteiger partial charge in [0.2, 0.25) is 0 Å². The molecule has 0 atom stereocenters. The first-order valence-corrected chi connectivity index (χ1v) is 13.0. The number of hydrogen-bond acceptors (Lipinski definition) is 4. The Labute approximate surface area is 211 Å². The molecule has 1 aliphatic carbocycles. The highest BCUT2D eigenvalue weighted by atomic mass is 16.3. The van der Waals surface area contributed by atoms with E-state index in [0.717, 1.165) is 64.5 Å². The zero-order valence-corrected chi connectivity index (χ0v) is 20.5. The van der Waals surface area contributed by atoms with Gasteiger partial charge in [-0.3, -0.25) is 4.79 Å². The normalized spacial score (nSPS) is 17.6. The zero-order valence-electron chi connectivity index (χ0n) is 20.5. The second-order valence-corrected chi connectivity index (χ2v) is 10.2. The number of imidazole rings is 1. The third kappa shape index (κ3) is 4.26. The number of hydrogen-bond donors (Lipinski definition) is 2. The van der Waals surface area contributed by atoms with Crippen LogP contribution in [-0.4, -0.2) is 39.0 Å². The van der Waals surface area contributed by atoms with Crippen LogP contribution >= 0.6 is 0 Å². The molecule has 6 nitrogen and oxygen atoms in total. The Bertz CT molecular complexity index is 1370. The minimum absolute atomic E-state index is 0.0444. The van der Waals surface area contributed by atoms with E-state index in [2.05, 4.69) is 33.1 Å². The molecule has 2 aliphatic rings. The van der Waals surface area contributed by atoms with E-state index >= 15 is 0 Å². The molecule has 1 amide bonds. The lowest BCUT2D eigenvalue weighted by Gasteiger charge is -2.33. The lowest BCUT2D eigenvalue weighted by atomic mass is 9.79. The molecule has 0 unspecified atom stereocenters. The summed E-state index contributed by atoms with van der Waals surface area (Å²) < 4.78 is 0. The van der Waals surface area contributed by atoms with Gasteiger partial charge in [0.1, 0.15) is 0 Å². The van der Waals surface area contributed by atoms with E-state index < -0.39 is 5.60 Å². The molecule has 36 heavy (non-hydrogen) atoms. The number of carbonyl (C=O) groups is 1. The number of aromatic amines is 1. The van der Waals surface area contributed by atoms with Gasteiger partial charge in [0.25, 0.3) is 5.91 Å². The molecule has 6 heteroatoms. The third-order valence-corrected chi connectivity index (χ3v) is 7.86. The number of carbonyl (C=O) groups excluding carboxylic acids is 1. The van der Waals surface area contributed by atoms with Crippen LogP contribution in [-0.2, 0) is 18.7 Å². The first-order chi connectivity index (χ1) is 17.6. The number of fused-ring (bicyclic) bond motifs is 2. The minimum Gasteiger partial charge on any atom is -0.385 e. The second-order valence-electron chi connectivity index (χ2n) is 10.2. The maximum Gasteiger partial charge on any atom is 0.254 e. The maximum absolute atomic E-state index is 13.9. The van der Waals surface area contributed by atoms with Crippen LogP contribution in [0.25, 0.3) is 10.8 Å². The van der Waals surface area contributed by atoms with E-state index in [9.17, 15) is 9.90 Å². The molecule has 1 aromatic heterocycles. The minimum atomic E-state index is -0.780. The van der Waals surface area contributed by atoms with Gasteiger partial charge >= 0.3 is 0 Å². The molecule has 1 saturated carbocycles. The smallest absolute Gasteiger partial charge is 0.254 e. The van der Waals surface area contributed by atoms with Crippen molar-refractivity contribution in [3.8, 4) is 0 Å². The van der Waals surface area contributed by atoms with Crippen LogP contribution in [0.4, 0.5) is 5.69 Å². The van der Waals surface area contributed by atoms with Crippen LogP contribution in [0.2, 0.25) is 0 Å². The Hall–Kier alpha value is -3.64. The van der Waals surface area contributed by atoms with Crippen LogP contribution < -0.4 is 4.90 Å². The number of aromatic nitrogens is 2. The Balaban J connectivity index is 1.38. The molecule has 1 aliphatic heterocycles. The molecular formula is C30H32N4O2. The fourth-order valence-electron chi connectivity index (χ4n) is 5.88. The topological polar surface area (TPSA) is 72.5 Å². The number of aliphatic hydroxyl groups is 1. The van der Waals surface area contributed by atoms with Crippen molar-refractivity contribution >= 4 is 22.4 Å². The molecular weight excluding hydrogens is 448 g/mol. The number of amides is 1. The first kappa shape index (κ1) is 22.8. The number of nitrogens with one attached hydrogen (secondary N) is 1. The van der Waals surface area contributed by atoms with Crippen LogP contribution in [0.15, 0.2) is 73.2 Å². The fraction of sp³-hybridized carbons (Fsp3) is 0.333. The monoisotopic (exact) mass is 480 g/mol. The van der Waals surface area contributed by atoms with E-state index in [1.54, 1.807) is 6.33 Å². The summed E-state index contributed by atoms with van der Waals surface area (Å²) in [5.74, 6) is 0.0444. The molecule has 2 heterocycles. The van der Waals surface area contributed by atoms with E-state index in [4.69, 9.17) is 0 Å². The van der Waals surface area contributed by atoms with Crippen molar-refractivity contribution in [3.05, 3.63) is 95.6 Å². The van der Waals surface area contributed by atoms with Gasteiger partial charge in [-0.05, 0) is 52.9 Å². The number of anilines is 1. The van der Waals surface area contributed by atoms with Crippen molar-refractivity contribution in [1.29, 1.82) is 0 Å². The lowest BCUT2D eigenvalue weighted by Crippen LogP contribution is -2.35. The molecule has 0 saturated heterocycles. The van der Waals surface area contributed by atoms with Gasteiger partial charge in [-0.2, -0.15) is 0 Å². The molecule has 2 N–H and O–H groups in total. The van der Waals surface area contributed by atoms with Crippen molar-refractivity contribution < 1.29 is 9.90 Å². The van der Waals surface area contributed by atoms with Crippen LogP contribution in [0.1, 0.15) is 59.3 Å². The van der Waals surface area contributed by atoms with Gasteiger partial charge in [0.15, 0.2) is 0 Å². The molecule has 184 valence electrons. The summed E-state index contributed by atoms with van der Waals surface area (Å²) in [5.41, 5.74) is 4.15. The average molecular weight is 481 g/mol. The Morgan fingerprint density at radius 2 is 1.83 bits per heavy atom. The maximum atomic E-state index is 13.9. The zero-order chi connectivity index (χ0) is 24.5. The standard InChI is InChI=1S/C30H32N4O2/c35-29(27-10-6-8-22-7-2-3-9-26(22)27)34-16-15-33(20-25-18-31-21-32-25)28-12-11-24(17-23(28)19-34)30(36)13-4-1-5-14-30/h2-3,6-12,17-18,21,36H,1,4-5,13-16,19-20H2,(H,31,32). The fourth-order valence-corrected chi connectivity index (χ4v) is 5.88. The summed E-state index contributed by atoms with van der Waals surface area (Å²) in [6.07, 6.45) is 8.41. The van der Waals surface area contributed by atoms with Gasteiger partial charge in [-0.15, -0.1) is 0 Å². The quantitative estimate of drug-likeness (QED) is 0.412. The number of H-pyrrole nitrogens is 1. The molecule has 0 spiro atoms. The number of rotatable bonds is 4. The van der Waals surface area contributed by atoms with Crippen molar-refractivity contribution in [2.75, 3.05) is 18.0 Å². The highest BCUT2D eigenvalue weighted by Gasteiger charge is 2.33. The summed E-state index contributed by atoms with van der Waals surface area (Å²) in [6, 6.07) is 20.4. The number of nitrogens with zero attached hydrogens (tertiary/aromatic N) is 3. The van der Waals surface area contributed by atoms with Gasteiger partial charge in [-0.1, -0.05) is 61.7 Å². The van der Waals surface area contributed by atoms with Crippen LogP contribution in [0.5, 0.6) is 0 Å². The van der Waals surface area contributed by atoms with Gasteiger partial charge in [-0.25, -0.2) is 4.98 Å². The van der Waals surface area contributed by atoms with E-state index in [-0.39, 0.29) is 5.91 Å². The Morgan fingerprint density at radius 3 is 2.67 bits per heavy atom. The molecule has 4 aromatic rings. The predicted octanol–water partition coefficient (Wildman–Crippen LogP) is 5.38. The SMILES string of the molecule is O=C(c1cccc2ccccc12)N1CCN(Cc2cnc[nH]2)c2ccc(C3(O)CCCCC3)cc2C1. The van der Waals surface area contributed by atoms with E-state index in [1.807, 2.05) is 53.6 Å². The molecule has 0 bridgehead atoms. The Kier molecular flexibility index (Phi) is 5.97. The second kappa shape index (κ2) is 9.43. The molecule has 0 radical (unpaired) electrons. The summed E-state index contributed by atoms with van der Waals surface area (Å²) in [5, 5.41) is 13.5. The van der Waals surface area contributed by atoms with Crippen LogP contribution in [0.3, 0.4) is 0 Å². The van der Waals surface area contributed by atoms with E-state index in [1.165, 1.54) is 6.42 Å². The average Bonchev–Trinajstić information content (AvgIpc) is 3.36. The third-order valence-electron chi connectivity index (χ3n) is 7.86. The van der Waals surface area contributed by atoms with Crippen molar-refractivity contribution in [3.63, 3.8) is 0 Å². The van der Waals surface area contributed by atoms with Crippen molar-refractivity contribution in [2.24, 2.45) is 0 Å². The molecule has 3 aromatic carbocycles. The lowest BCUT2D eigenvalue weighted by molar-refractivity contribution is -0.000698. The Morgan fingerprint density at radius 1 is 1.00 bits per heavy atom. The summed E-state index contributed by atoms with van der Waals surface area (Å²) in [4.78, 5) is 25.6.